The van der Waals surface area contributed by atoms with Gasteiger partial charge in [0.25, 0.3) is 0 Å². The van der Waals surface area contributed by atoms with Gasteiger partial charge < -0.3 is 0 Å². The predicted octanol–water partition coefficient (Wildman–Crippen LogP) is 3.01. The fraction of sp³-hybridized carbons (Fsp3) is 0.417. The summed E-state index contributed by atoms with van der Waals surface area (Å²) in [5.41, 5.74) is 3.28. The number of aryl methyl sites for hydroxylation is 2. The molecule has 1 aromatic rings. The minimum Gasteiger partial charge on any atom is -0.294 e. The Balaban J connectivity index is 3.29. The normalized spacial score (nSPS) is 10.1. The summed E-state index contributed by atoms with van der Waals surface area (Å²) in [6.07, 6.45) is 1.87. The first-order valence-electron chi connectivity index (χ1n) is 4.82. The Morgan fingerprint density at radius 3 is 1.92 bits per heavy atom. The van der Waals surface area contributed by atoms with Gasteiger partial charge in [0.2, 0.25) is 0 Å². The number of hydrogen-bond donors (Lipinski definition) is 0. The number of carbonyl (C=O) groups excluding carboxylic acids is 1. The van der Waals surface area contributed by atoms with E-state index in [2.05, 4.69) is 13.8 Å². The number of benzene rings is 1. The highest BCUT2D eigenvalue weighted by Gasteiger charge is 2.09. The maximum absolute atomic E-state index is 11.4. The van der Waals surface area contributed by atoms with Crippen molar-refractivity contribution in [3.05, 3.63) is 34.9 Å². The summed E-state index contributed by atoms with van der Waals surface area (Å²) in [7, 11) is 0. The van der Waals surface area contributed by atoms with Crippen LogP contribution in [0.3, 0.4) is 0 Å². The maximum Gasteiger partial charge on any atom is 0.160 e. The molecule has 0 aromatic heterocycles. The minimum absolute atomic E-state index is 0.189. The molecule has 1 aromatic carbocycles. The number of Topliss-reactive ketones (excluding diaryl/α,β-unsaturated/α-hetero) is 1. The molecule has 0 saturated carbocycles. The molecule has 0 N–H and O–H groups in total. The molecule has 1 nitrogen and oxygen atoms in total. The van der Waals surface area contributed by atoms with Crippen LogP contribution in [0, 0.1) is 0 Å². The lowest BCUT2D eigenvalue weighted by Gasteiger charge is -2.09. The van der Waals surface area contributed by atoms with E-state index in [1.807, 2.05) is 18.2 Å². The molecule has 0 bridgehead atoms. The molecule has 0 unspecified atom stereocenters. The lowest BCUT2D eigenvalue weighted by Crippen LogP contribution is -2.03. The van der Waals surface area contributed by atoms with Crippen LogP contribution in [0.4, 0.5) is 0 Å². The molecule has 0 atom stereocenters. The topological polar surface area (TPSA) is 17.1 Å². The fourth-order valence-electron chi connectivity index (χ4n) is 1.69. The van der Waals surface area contributed by atoms with Crippen LogP contribution >= 0.6 is 0 Å². The van der Waals surface area contributed by atoms with E-state index in [1.165, 1.54) is 11.1 Å². The van der Waals surface area contributed by atoms with Crippen LogP contribution < -0.4 is 0 Å². The zero-order chi connectivity index (χ0) is 9.84. The summed E-state index contributed by atoms with van der Waals surface area (Å²) in [6, 6.07) is 6.11. The second kappa shape index (κ2) is 4.22. The lowest BCUT2D eigenvalue weighted by atomic mass is 9.95. The van der Waals surface area contributed by atoms with Crippen LogP contribution in [0.5, 0.6) is 0 Å². The summed E-state index contributed by atoms with van der Waals surface area (Å²) < 4.78 is 0. The Bertz CT molecular complexity index is 291. The average molecular weight is 176 g/mol. The van der Waals surface area contributed by atoms with Crippen LogP contribution in [-0.2, 0) is 12.8 Å². The van der Waals surface area contributed by atoms with Gasteiger partial charge in [0.15, 0.2) is 5.78 Å². The fourth-order valence-corrected chi connectivity index (χ4v) is 1.69. The summed E-state index contributed by atoms with van der Waals surface area (Å²) in [5.74, 6) is 0.189. The highest BCUT2D eigenvalue weighted by atomic mass is 16.1. The quantitative estimate of drug-likeness (QED) is 0.647. The summed E-state index contributed by atoms with van der Waals surface area (Å²) in [6.45, 7) is 5.82. The van der Waals surface area contributed by atoms with E-state index < -0.39 is 0 Å². The van der Waals surface area contributed by atoms with Crippen LogP contribution in [-0.4, -0.2) is 5.78 Å². The first-order valence-corrected chi connectivity index (χ1v) is 4.82. The van der Waals surface area contributed by atoms with Gasteiger partial charge in [-0.25, -0.2) is 0 Å². The Hall–Kier alpha value is -1.11. The van der Waals surface area contributed by atoms with Crippen molar-refractivity contribution in [1.82, 2.24) is 0 Å². The van der Waals surface area contributed by atoms with Gasteiger partial charge in [-0.2, -0.15) is 0 Å². The highest BCUT2D eigenvalue weighted by molar-refractivity contribution is 5.97. The van der Waals surface area contributed by atoms with Crippen molar-refractivity contribution in [2.24, 2.45) is 0 Å². The Morgan fingerprint density at radius 1 is 1.15 bits per heavy atom. The van der Waals surface area contributed by atoms with E-state index >= 15 is 0 Å². The van der Waals surface area contributed by atoms with Gasteiger partial charge in [-0.05, 0) is 30.9 Å². The number of hydrogen-bond acceptors (Lipinski definition) is 1. The molecule has 0 amide bonds. The van der Waals surface area contributed by atoms with Gasteiger partial charge in [-0.1, -0.05) is 32.0 Å². The predicted molar refractivity (Wildman–Crippen MR) is 55.2 cm³/mol. The largest absolute Gasteiger partial charge is 0.294 e. The molecule has 0 fully saturated rings. The van der Waals surface area contributed by atoms with E-state index in [-0.39, 0.29) is 5.78 Å². The Labute approximate surface area is 79.8 Å². The molecular formula is C12H16O. The van der Waals surface area contributed by atoms with Crippen LogP contribution in [0.25, 0.3) is 0 Å². The molecule has 70 valence electrons. The SMILES string of the molecule is CCc1cccc(CC)c1C(C)=O. The first kappa shape index (κ1) is 9.97. The van der Waals surface area contributed by atoms with E-state index in [0.717, 1.165) is 18.4 Å². The van der Waals surface area contributed by atoms with Gasteiger partial charge in [-0.15, -0.1) is 0 Å². The Morgan fingerprint density at radius 2 is 1.62 bits per heavy atom. The molecule has 0 heterocycles. The van der Waals surface area contributed by atoms with Crippen molar-refractivity contribution < 1.29 is 4.79 Å². The van der Waals surface area contributed by atoms with Crippen molar-refractivity contribution >= 4 is 5.78 Å². The summed E-state index contributed by atoms with van der Waals surface area (Å²) in [4.78, 5) is 11.4. The van der Waals surface area contributed by atoms with E-state index in [1.54, 1.807) is 6.92 Å². The molecule has 0 aliphatic carbocycles. The third kappa shape index (κ3) is 1.97. The van der Waals surface area contributed by atoms with Crippen LogP contribution in [0.1, 0.15) is 42.3 Å². The van der Waals surface area contributed by atoms with Crippen LogP contribution in [0.15, 0.2) is 18.2 Å². The molecular weight excluding hydrogens is 160 g/mol. The molecule has 0 aliphatic rings. The maximum atomic E-state index is 11.4. The van der Waals surface area contributed by atoms with Gasteiger partial charge in [0.05, 0.1) is 0 Å². The molecule has 1 rings (SSSR count). The van der Waals surface area contributed by atoms with E-state index in [4.69, 9.17) is 0 Å². The smallest absolute Gasteiger partial charge is 0.160 e. The van der Waals surface area contributed by atoms with Gasteiger partial charge in [-0.3, -0.25) is 4.79 Å². The van der Waals surface area contributed by atoms with Crippen molar-refractivity contribution in [3.8, 4) is 0 Å². The summed E-state index contributed by atoms with van der Waals surface area (Å²) in [5, 5.41) is 0. The number of rotatable bonds is 3. The molecule has 0 radical (unpaired) electrons. The van der Waals surface area contributed by atoms with Gasteiger partial charge in [0.1, 0.15) is 0 Å². The monoisotopic (exact) mass is 176 g/mol. The van der Waals surface area contributed by atoms with E-state index in [0.29, 0.717) is 0 Å². The van der Waals surface area contributed by atoms with Crippen LogP contribution in [0.2, 0.25) is 0 Å². The summed E-state index contributed by atoms with van der Waals surface area (Å²) >= 11 is 0. The molecule has 0 saturated heterocycles. The lowest BCUT2D eigenvalue weighted by molar-refractivity contribution is 0.101. The first-order chi connectivity index (χ1) is 6.20. The third-order valence-electron chi connectivity index (χ3n) is 2.35. The highest BCUT2D eigenvalue weighted by Crippen LogP contribution is 2.16. The molecule has 13 heavy (non-hydrogen) atoms. The second-order valence-corrected chi connectivity index (χ2v) is 3.21. The van der Waals surface area contributed by atoms with Crippen molar-refractivity contribution in [3.63, 3.8) is 0 Å². The molecule has 0 aliphatic heterocycles. The van der Waals surface area contributed by atoms with Crippen molar-refractivity contribution in [2.75, 3.05) is 0 Å². The zero-order valence-corrected chi connectivity index (χ0v) is 8.55. The molecule has 1 heteroatoms. The Kier molecular flexibility index (Phi) is 3.24. The number of carbonyl (C=O) groups is 1. The van der Waals surface area contributed by atoms with Gasteiger partial charge >= 0.3 is 0 Å². The third-order valence-corrected chi connectivity index (χ3v) is 2.35. The zero-order valence-electron chi connectivity index (χ0n) is 8.55. The minimum atomic E-state index is 0.189. The standard InChI is InChI=1S/C12H16O/c1-4-10-7-6-8-11(5-2)12(10)9(3)13/h6-8H,4-5H2,1-3H3. The van der Waals surface area contributed by atoms with Crippen molar-refractivity contribution in [1.29, 1.82) is 0 Å². The van der Waals surface area contributed by atoms with Gasteiger partial charge in [0, 0.05) is 5.56 Å². The molecule has 0 spiro atoms. The van der Waals surface area contributed by atoms with E-state index in [9.17, 15) is 4.79 Å². The number of ketones is 1. The second-order valence-electron chi connectivity index (χ2n) is 3.21. The van der Waals surface area contributed by atoms with Crippen molar-refractivity contribution in [2.45, 2.75) is 33.6 Å². The average Bonchev–Trinajstić information content (AvgIpc) is 2.16.